The fraction of sp³-hybridized carbons (Fsp3) is 0.267. The van der Waals surface area contributed by atoms with Crippen LogP contribution in [0.4, 0.5) is 17.5 Å². The Bertz CT molecular complexity index is 1670. The zero-order valence-electron chi connectivity index (χ0n) is 24.1. The van der Waals surface area contributed by atoms with Crippen molar-refractivity contribution in [3.63, 3.8) is 0 Å². The smallest absolute Gasteiger partial charge is 0.255 e. The first-order chi connectivity index (χ1) is 20.7. The minimum atomic E-state index is -0.801. The number of aliphatic hydroxyl groups is 1. The van der Waals surface area contributed by atoms with Gasteiger partial charge in [-0.15, -0.1) is 0 Å². The van der Waals surface area contributed by atoms with Crippen molar-refractivity contribution in [1.82, 2.24) is 30.2 Å². The lowest BCUT2D eigenvalue weighted by molar-refractivity contribution is -0.126. The minimum absolute atomic E-state index is 0.259. The molecule has 0 spiro atoms. The number of carbonyl (C=O) groups excluding carboxylic acids is 2. The molecule has 43 heavy (non-hydrogen) atoms. The van der Waals surface area contributed by atoms with Gasteiger partial charge in [0.05, 0.1) is 42.4 Å². The molecule has 2 atom stereocenters. The third-order valence-electron chi connectivity index (χ3n) is 7.08. The number of benzene rings is 1. The van der Waals surface area contributed by atoms with Gasteiger partial charge in [-0.3, -0.25) is 9.59 Å². The van der Waals surface area contributed by atoms with E-state index in [2.05, 4.69) is 30.6 Å². The Hall–Kier alpha value is -4.81. The first kappa shape index (κ1) is 29.7. The predicted molar refractivity (Wildman–Crippen MR) is 162 cm³/mol. The molecule has 2 amide bonds. The molecule has 3 N–H and O–H groups in total. The lowest BCUT2D eigenvalue weighted by Crippen LogP contribution is -2.47. The summed E-state index contributed by atoms with van der Waals surface area (Å²) in [5.41, 5.74) is 3.50. The van der Waals surface area contributed by atoms with Crippen LogP contribution in [0.2, 0.25) is 5.02 Å². The molecule has 0 saturated heterocycles. The fourth-order valence-corrected chi connectivity index (χ4v) is 4.87. The Morgan fingerprint density at radius 1 is 1.16 bits per heavy atom. The van der Waals surface area contributed by atoms with Gasteiger partial charge in [-0.1, -0.05) is 29.8 Å². The van der Waals surface area contributed by atoms with E-state index in [0.29, 0.717) is 50.9 Å². The van der Waals surface area contributed by atoms with E-state index in [9.17, 15) is 14.7 Å². The van der Waals surface area contributed by atoms with Crippen LogP contribution >= 0.6 is 11.6 Å². The second kappa shape index (κ2) is 12.6. The molecule has 1 aromatic carbocycles. The Morgan fingerprint density at radius 3 is 2.72 bits per heavy atom. The number of carbonyl (C=O) groups is 2. The summed E-state index contributed by atoms with van der Waals surface area (Å²) in [4.78, 5) is 47.5. The topological polar surface area (TPSA) is 146 Å². The normalized spacial score (nSPS) is 13.7. The SMILES string of the molecule is COc1cc(Nc2ncc(Cl)c(-c3ccc4c(c3)C(=O)N(C(C)C(=O)N[C@H](CO)c3cccc(N(C)C)n3)C4)n2)ccn1. The zero-order valence-corrected chi connectivity index (χ0v) is 24.8. The molecule has 4 heterocycles. The number of nitrogens with one attached hydrogen (secondary N) is 2. The van der Waals surface area contributed by atoms with Crippen molar-refractivity contribution in [2.24, 2.45) is 0 Å². The minimum Gasteiger partial charge on any atom is -0.481 e. The number of aromatic nitrogens is 4. The Labute approximate surface area is 253 Å². The van der Waals surface area contributed by atoms with Crippen molar-refractivity contribution in [3.8, 4) is 17.1 Å². The summed E-state index contributed by atoms with van der Waals surface area (Å²) in [6.07, 6.45) is 3.08. The highest BCUT2D eigenvalue weighted by Gasteiger charge is 2.35. The van der Waals surface area contributed by atoms with E-state index in [1.165, 1.54) is 18.2 Å². The summed E-state index contributed by atoms with van der Waals surface area (Å²) in [6, 6.07) is 12.7. The van der Waals surface area contributed by atoms with Gasteiger partial charge in [-0.2, -0.15) is 0 Å². The monoisotopic (exact) mass is 602 g/mol. The molecule has 0 fully saturated rings. The van der Waals surface area contributed by atoms with Crippen LogP contribution in [0, 0.1) is 0 Å². The molecule has 222 valence electrons. The number of nitrogens with zero attached hydrogens (tertiary/aromatic N) is 6. The molecule has 5 rings (SSSR count). The lowest BCUT2D eigenvalue weighted by atomic mass is 10.0. The Kier molecular flexibility index (Phi) is 8.69. The number of aliphatic hydroxyl groups excluding tert-OH is 1. The van der Waals surface area contributed by atoms with Gasteiger partial charge in [-0.25, -0.2) is 19.9 Å². The molecule has 1 aliphatic rings. The van der Waals surface area contributed by atoms with Gasteiger partial charge in [0.2, 0.25) is 17.7 Å². The zero-order chi connectivity index (χ0) is 30.7. The number of rotatable bonds is 10. The van der Waals surface area contributed by atoms with Crippen molar-refractivity contribution in [2.75, 3.05) is 38.0 Å². The van der Waals surface area contributed by atoms with E-state index >= 15 is 0 Å². The third kappa shape index (κ3) is 6.35. The van der Waals surface area contributed by atoms with Gasteiger partial charge in [0.25, 0.3) is 5.91 Å². The van der Waals surface area contributed by atoms with E-state index < -0.39 is 18.0 Å². The maximum atomic E-state index is 13.5. The largest absolute Gasteiger partial charge is 0.481 e. The van der Waals surface area contributed by atoms with Gasteiger partial charge in [0.15, 0.2) is 0 Å². The molecular formula is C30H31ClN8O4. The number of pyridine rings is 2. The average Bonchev–Trinajstić information content (AvgIpc) is 3.35. The highest BCUT2D eigenvalue weighted by atomic mass is 35.5. The average molecular weight is 603 g/mol. The van der Waals surface area contributed by atoms with Crippen molar-refractivity contribution < 1.29 is 19.4 Å². The maximum absolute atomic E-state index is 13.5. The number of methoxy groups -OCH3 is 1. The summed E-state index contributed by atoms with van der Waals surface area (Å²) in [7, 11) is 5.25. The van der Waals surface area contributed by atoms with E-state index in [1.807, 2.05) is 43.3 Å². The second-order valence-corrected chi connectivity index (χ2v) is 10.5. The van der Waals surface area contributed by atoms with Gasteiger partial charge in [0, 0.05) is 49.7 Å². The van der Waals surface area contributed by atoms with Crippen LogP contribution in [-0.4, -0.2) is 75.6 Å². The molecule has 1 aliphatic heterocycles. The first-order valence-electron chi connectivity index (χ1n) is 13.5. The standard InChI is InChI=1S/C30H31ClN8O4/c1-17(28(41)36-24(16-40)23-6-5-7-25(35-23)38(2)3)39-15-19-9-8-18(12-21(19)29(39)42)27-22(31)14-33-30(37-27)34-20-10-11-32-26(13-20)43-4/h5-14,17,24,40H,15-16H2,1-4H3,(H,36,41)(H,32,33,34,37)/t17?,24-/m1/s1. The number of hydrogen-bond donors (Lipinski definition) is 3. The van der Waals surface area contributed by atoms with Crippen molar-refractivity contribution >= 4 is 40.9 Å². The number of amides is 2. The summed E-state index contributed by atoms with van der Waals surface area (Å²) < 4.78 is 5.16. The first-order valence-corrected chi connectivity index (χ1v) is 13.9. The van der Waals surface area contributed by atoms with Crippen LogP contribution in [0.3, 0.4) is 0 Å². The molecular weight excluding hydrogens is 572 g/mol. The van der Waals surface area contributed by atoms with E-state index in [0.717, 1.165) is 5.56 Å². The second-order valence-electron chi connectivity index (χ2n) is 10.1. The maximum Gasteiger partial charge on any atom is 0.255 e. The number of anilines is 3. The number of ether oxygens (including phenoxy) is 1. The van der Waals surface area contributed by atoms with Crippen LogP contribution in [0.1, 0.15) is 34.6 Å². The molecule has 1 unspecified atom stereocenters. The van der Waals surface area contributed by atoms with Gasteiger partial charge in [-0.05, 0) is 36.8 Å². The third-order valence-corrected chi connectivity index (χ3v) is 7.35. The predicted octanol–water partition coefficient (Wildman–Crippen LogP) is 3.60. The van der Waals surface area contributed by atoms with E-state index in [4.69, 9.17) is 16.3 Å². The molecule has 0 bridgehead atoms. The molecule has 0 aliphatic carbocycles. The van der Waals surface area contributed by atoms with Crippen molar-refractivity contribution in [2.45, 2.75) is 25.6 Å². The van der Waals surface area contributed by atoms with Crippen LogP contribution < -0.4 is 20.3 Å². The number of hydrogen-bond acceptors (Lipinski definition) is 10. The van der Waals surface area contributed by atoms with E-state index in [-0.39, 0.29) is 19.1 Å². The molecule has 12 nitrogen and oxygen atoms in total. The van der Waals surface area contributed by atoms with Crippen LogP contribution in [0.25, 0.3) is 11.3 Å². The summed E-state index contributed by atoms with van der Waals surface area (Å²) >= 11 is 6.47. The lowest BCUT2D eigenvalue weighted by Gasteiger charge is -2.26. The van der Waals surface area contributed by atoms with Crippen molar-refractivity contribution in [3.05, 3.63) is 82.8 Å². The Morgan fingerprint density at radius 2 is 1.98 bits per heavy atom. The summed E-state index contributed by atoms with van der Waals surface area (Å²) in [6.45, 7) is 1.58. The van der Waals surface area contributed by atoms with Crippen LogP contribution in [-0.2, 0) is 11.3 Å². The van der Waals surface area contributed by atoms with Crippen LogP contribution in [0.5, 0.6) is 5.88 Å². The van der Waals surface area contributed by atoms with Crippen LogP contribution in [0.15, 0.2) is 60.9 Å². The van der Waals surface area contributed by atoms with Crippen molar-refractivity contribution in [1.29, 1.82) is 0 Å². The molecule has 3 aromatic heterocycles. The molecule has 4 aromatic rings. The molecule has 0 saturated carbocycles. The Balaban J connectivity index is 1.32. The quantitative estimate of drug-likeness (QED) is 0.246. The molecule has 13 heteroatoms. The van der Waals surface area contributed by atoms with Gasteiger partial charge >= 0.3 is 0 Å². The highest BCUT2D eigenvalue weighted by Crippen LogP contribution is 2.33. The van der Waals surface area contributed by atoms with Gasteiger partial charge in [0.1, 0.15) is 11.9 Å². The number of halogens is 1. The molecule has 0 radical (unpaired) electrons. The summed E-state index contributed by atoms with van der Waals surface area (Å²) in [5, 5.41) is 16.3. The summed E-state index contributed by atoms with van der Waals surface area (Å²) in [5.74, 6) is 0.741. The highest BCUT2D eigenvalue weighted by molar-refractivity contribution is 6.33. The fourth-order valence-electron chi connectivity index (χ4n) is 4.67. The van der Waals surface area contributed by atoms with Gasteiger partial charge < -0.3 is 30.3 Å². The van der Waals surface area contributed by atoms with E-state index in [1.54, 1.807) is 37.4 Å². The number of fused-ring (bicyclic) bond motifs is 1.